The fourth-order valence-corrected chi connectivity index (χ4v) is 1.92. The topological polar surface area (TPSA) is 29.9 Å². The van der Waals surface area contributed by atoms with Gasteiger partial charge in [-0.3, -0.25) is 0 Å². The van der Waals surface area contributed by atoms with E-state index in [4.69, 9.17) is 11.6 Å². The molecule has 0 aliphatic heterocycles. The Morgan fingerprint density at radius 2 is 2.18 bits per heavy atom. The van der Waals surface area contributed by atoms with E-state index in [9.17, 15) is 0 Å². The maximum Gasteiger partial charge on any atom is 0.203 e. The zero-order chi connectivity index (χ0) is 12.1. The molecule has 0 aliphatic rings. The van der Waals surface area contributed by atoms with Gasteiger partial charge in [-0.05, 0) is 18.1 Å². The summed E-state index contributed by atoms with van der Waals surface area (Å²) in [4.78, 5) is 4.29. The lowest BCUT2D eigenvalue weighted by atomic mass is 10.2. The Bertz CT molecular complexity index is 479. The van der Waals surface area contributed by atoms with Crippen LogP contribution in [0, 0.1) is 0 Å². The largest absolute Gasteiger partial charge is 0.352 e. The number of hydrogen-bond acceptors (Lipinski definition) is 2. The van der Waals surface area contributed by atoms with Crippen molar-refractivity contribution in [3.8, 4) is 0 Å². The van der Waals surface area contributed by atoms with E-state index < -0.39 is 0 Å². The molecule has 2 rings (SSSR count). The molecule has 1 heterocycles. The summed E-state index contributed by atoms with van der Waals surface area (Å²) in [6.45, 7) is 3.82. The molecule has 17 heavy (non-hydrogen) atoms. The van der Waals surface area contributed by atoms with Crippen LogP contribution in [0.25, 0.3) is 0 Å². The first-order chi connectivity index (χ1) is 8.31. The summed E-state index contributed by atoms with van der Waals surface area (Å²) in [5, 5.41) is 4.09. The molecule has 0 radical (unpaired) electrons. The van der Waals surface area contributed by atoms with Gasteiger partial charge in [-0.2, -0.15) is 0 Å². The lowest BCUT2D eigenvalue weighted by molar-refractivity contribution is 0.682. The van der Waals surface area contributed by atoms with Crippen LogP contribution in [0.3, 0.4) is 0 Å². The molecule has 0 amide bonds. The van der Waals surface area contributed by atoms with Crippen LogP contribution in [0.2, 0.25) is 5.02 Å². The molecule has 0 spiro atoms. The Balaban J connectivity index is 2.02. The molecule has 0 fully saturated rings. The minimum Gasteiger partial charge on any atom is -0.352 e. The average Bonchev–Trinajstić information content (AvgIpc) is 2.76. The van der Waals surface area contributed by atoms with Crippen molar-refractivity contribution in [3.05, 3.63) is 47.2 Å². The first kappa shape index (κ1) is 12.0. The number of imidazole rings is 1. The average molecular weight is 250 g/mol. The molecule has 4 heteroatoms. The van der Waals surface area contributed by atoms with Crippen LogP contribution in [0.15, 0.2) is 36.7 Å². The van der Waals surface area contributed by atoms with Crippen LogP contribution in [0.1, 0.15) is 18.9 Å². The first-order valence-electron chi connectivity index (χ1n) is 5.79. The summed E-state index contributed by atoms with van der Waals surface area (Å²) in [6.07, 6.45) is 4.89. The summed E-state index contributed by atoms with van der Waals surface area (Å²) in [5.41, 5.74) is 1.08. The summed E-state index contributed by atoms with van der Waals surface area (Å²) in [5.74, 6) is 0.895. The van der Waals surface area contributed by atoms with Gasteiger partial charge in [0.1, 0.15) is 0 Å². The van der Waals surface area contributed by atoms with Gasteiger partial charge in [0.15, 0.2) is 0 Å². The lowest BCUT2D eigenvalue weighted by Gasteiger charge is -2.09. The van der Waals surface area contributed by atoms with Crippen LogP contribution in [0.4, 0.5) is 5.95 Å². The van der Waals surface area contributed by atoms with Gasteiger partial charge in [0.2, 0.25) is 5.95 Å². The molecule has 1 aromatic heterocycles. The Labute approximate surface area is 106 Å². The maximum absolute atomic E-state index is 6.10. The van der Waals surface area contributed by atoms with Crippen molar-refractivity contribution in [2.75, 3.05) is 5.32 Å². The molecule has 0 bridgehead atoms. The van der Waals surface area contributed by atoms with Gasteiger partial charge >= 0.3 is 0 Å². The number of aromatic nitrogens is 2. The minimum absolute atomic E-state index is 0.695. The predicted molar refractivity (Wildman–Crippen MR) is 71.3 cm³/mol. The first-order valence-corrected chi connectivity index (χ1v) is 6.17. The Morgan fingerprint density at radius 3 is 2.94 bits per heavy atom. The highest BCUT2D eigenvalue weighted by Crippen LogP contribution is 2.16. The van der Waals surface area contributed by atoms with Crippen LogP contribution >= 0.6 is 11.6 Å². The van der Waals surface area contributed by atoms with Gasteiger partial charge in [0.25, 0.3) is 0 Å². The van der Waals surface area contributed by atoms with Gasteiger partial charge in [-0.1, -0.05) is 36.7 Å². The fourth-order valence-electron chi connectivity index (χ4n) is 1.71. The number of anilines is 1. The molecular formula is C13H16ClN3. The summed E-state index contributed by atoms with van der Waals surface area (Å²) in [7, 11) is 0. The standard InChI is InChI=1S/C13H16ClN3/c1-2-8-17-9-7-15-13(17)16-10-11-5-3-4-6-12(11)14/h3-7,9H,2,8,10H2,1H3,(H,15,16). The van der Waals surface area contributed by atoms with E-state index in [2.05, 4.69) is 21.8 Å². The molecule has 0 atom stereocenters. The Morgan fingerprint density at radius 1 is 1.35 bits per heavy atom. The zero-order valence-corrected chi connectivity index (χ0v) is 10.6. The predicted octanol–water partition coefficient (Wildman–Crippen LogP) is 3.56. The SMILES string of the molecule is CCCn1ccnc1NCc1ccccc1Cl. The number of hydrogen-bond donors (Lipinski definition) is 1. The van der Waals surface area contributed by atoms with Crippen molar-refractivity contribution < 1.29 is 0 Å². The molecule has 2 aromatic rings. The Kier molecular flexibility index (Phi) is 4.04. The molecule has 90 valence electrons. The molecule has 1 N–H and O–H groups in total. The monoisotopic (exact) mass is 249 g/mol. The smallest absolute Gasteiger partial charge is 0.203 e. The van der Waals surface area contributed by atoms with Gasteiger partial charge in [0, 0.05) is 30.5 Å². The highest BCUT2D eigenvalue weighted by atomic mass is 35.5. The highest BCUT2D eigenvalue weighted by Gasteiger charge is 2.03. The normalized spacial score (nSPS) is 10.5. The van der Waals surface area contributed by atoms with E-state index in [-0.39, 0.29) is 0 Å². The minimum atomic E-state index is 0.695. The third kappa shape index (κ3) is 3.01. The molecule has 0 saturated heterocycles. The maximum atomic E-state index is 6.10. The second-order valence-electron chi connectivity index (χ2n) is 3.89. The molecule has 3 nitrogen and oxygen atoms in total. The molecular weight excluding hydrogens is 234 g/mol. The van der Waals surface area contributed by atoms with E-state index in [0.29, 0.717) is 6.54 Å². The van der Waals surface area contributed by atoms with Gasteiger partial charge < -0.3 is 9.88 Å². The van der Waals surface area contributed by atoms with Crippen LogP contribution in [0.5, 0.6) is 0 Å². The molecule has 0 aliphatic carbocycles. The highest BCUT2D eigenvalue weighted by molar-refractivity contribution is 6.31. The number of nitrogens with zero attached hydrogens (tertiary/aromatic N) is 2. The third-order valence-electron chi connectivity index (χ3n) is 2.57. The van der Waals surface area contributed by atoms with Gasteiger partial charge in [-0.15, -0.1) is 0 Å². The number of halogens is 1. The third-order valence-corrected chi connectivity index (χ3v) is 2.94. The van der Waals surface area contributed by atoms with Crippen molar-refractivity contribution in [1.29, 1.82) is 0 Å². The lowest BCUT2D eigenvalue weighted by Crippen LogP contribution is -2.07. The van der Waals surface area contributed by atoms with E-state index in [1.165, 1.54) is 0 Å². The van der Waals surface area contributed by atoms with Crippen molar-refractivity contribution in [3.63, 3.8) is 0 Å². The number of benzene rings is 1. The van der Waals surface area contributed by atoms with Crippen molar-refractivity contribution in [1.82, 2.24) is 9.55 Å². The van der Waals surface area contributed by atoms with E-state index in [1.54, 1.807) is 0 Å². The number of rotatable bonds is 5. The van der Waals surface area contributed by atoms with Crippen molar-refractivity contribution in [2.24, 2.45) is 0 Å². The van der Waals surface area contributed by atoms with Crippen LogP contribution in [-0.4, -0.2) is 9.55 Å². The van der Waals surface area contributed by atoms with Crippen molar-refractivity contribution >= 4 is 17.5 Å². The molecule has 0 saturated carbocycles. The fraction of sp³-hybridized carbons (Fsp3) is 0.308. The van der Waals surface area contributed by atoms with E-state index in [0.717, 1.165) is 29.5 Å². The zero-order valence-electron chi connectivity index (χ0n) is 9.86. The van der Waals surface area contributed by atoms with E-state index >= 15 is 0 Å². The summed E-state index contributed by atoms with van der Waals surface area (Å²) >= 11 is 6.10. The summed E-state index contributed by atoms with van der Waals surface area (Å²) < 4.78 is 2.11. The quantitative estimate of drug-likeness (QED) is 0.878. The summed E-state index contributed by atoms with van der Waals surface area (Å²) in [6, 6.07) is 7.84. The Hall–Kier alpha value is -1.48. The second-order valence-corrected chi connectivity index (χ2v) is 4.30. The van der Waals surface area contributed by atoms with E-state index in [1.807, 2.05) is 36.7 Å². The van der Waals surface area contributed by atoms with Crippen LogP contribution in [-0.2, 0) is 13.1 Å². The number of aryl methyl sites for hydroxylation is 1. The van der Waals surface area contributed by atoms with Gasteiger partial charge in [0.05, 0.1) is 0 Å². The number of nitrogens with one attached hydrogen (secondary N) is 1. The van der Waals surface area contributed by atoms with Gasteiger partial charge in [-0.25, -0.2) is 4.98 Å². The van der Waals surface area contributed by atoms with Crippen molar-refractivity contribution in [2.45, 2.75) is 26.4 Å². The van der Waals surface area contributed by atoms with Crippen LogP contribution < -0.4 is 5.32 Å². The molecule has 0 unspecified atom stereocenters. The second kappa shape index (κ2) is 5.73. The molecule has 1 aromatic carbocycles.